The topological polar surface area (TPSA) is 17.1 Å². The minimum absolute atomic E-state index is 0.0283. The molecule has 0 aliphatic carbocycles. The zero-order valence-corrected chi connectivity index (χ0v) is 11.8. The van der Waals surface area contributed by atoms with Gasteiger partial charge in [0.15, 0.2) is 5.78 Å². The average molecular weight is 328 g/mol. The van der Waals surface area contributed by atoms with E-state index >= 15 is 0 Å². The quantitative estimate of drug-likeness (QED) is 0.725. The molecule has 0 aromatic heterocycles. The third-order valence-corrected chi connectivity index (χ3v) is 3.35. The zero-order chi connectivity index (χ0) is 13.3. The minimum Gasteiger partial charge on any atom is -0.288 e. The van der Waals surface area contributed by atoms with E-state index < -0.39 is 5.82 Å². The number of aryl methyl sites for hydroxylation is 1. The molecule has 0 unspecified atom stereocenters. The summed E-state index contributed by atoms with van der Waals surface area (Å²) in [7, 11) is 0. The van der Waals surface area contributed by atoms with Crippen LogP contribution in [-0.4, -0.2) is 5.78 Å². The first-order chi connectivity index (χ1) is 8.49. The van der Waals surface area contributed by atoms with E-state index in [2.05, 4.69) is 15.9 Å². The first-order valence-electron chi connectivity index (χ1n) is 5.25. The molecule has 0 aliphatic heterocycles. The van der Waals surface area contributed by atoms with Crippen molar-refractivity contribution in [3.63, 3.8) is 0 Å². The Morgan fingerprint density at radius 2 is 1.89 bits per heavy atom. The molecule has 92 valence electrons. The summed E-state index contributed by atoms with van der Waals surface area (Å²) in [5.74, 6) is -0.949. The van der Waals surface area contributed by atoms with Crippen LogP contribution in [0.5, 0.6) is 0 Å². The van der Waals surface area contributed by atoms with Gasteiger partial charge < -0.3 is 0 Å². The number of hydrogen-bond donors (Lipinski definition) is 0. The molecule has 0 spiro atoms. The highest BCUT2D eigenvalue weighted by Crippen LogP contribution is 2.22. The molecule has 1 nitrogen and oxygen atoms in total. The van der Waals surface area contributed by atoms with Gasteiger partial charge in [0.25, 0.3) is 0 Å². The number of rotatable bonds is 2. The Morgan fingerprint density at radius 3 is 2.56 bits per heavy atom. The summed E-state index contributed by atoms with van der Waals surface area (Å²) in [4.78, 5) is 12.2. The van der Waals surface area contributed by atoms with Crippen LogP contribution in [0.2, 0.25) is 5.02 Å². The molecule has 0 amide bonds. The second-order valence-electron chi connectivity index (χ2n) is 3.91. The van der Waals surface area contributed by atoms with Crippen LogP contribution in [0.4, 0.5) is 4.39 Å². The number of carbonyl (C=O) groups excluding carboxylic acids is 1. The monoisotopic (exact) mass is 326 g/mol. The first-order valence-corrected chi connectivity index (χ1v) is 6.42. The Balaban J connectivity index is 2.51. The predicted octanol–water partition coefficient (Wildman–Crippen LogP) is 4.78. The second kappa shape index (κ2) is 5.21. The summed E-state index contributed by atoms with van der Waals surface area (Å²) in [6, 6.07) is 9.38. The van der Waals surface area contributed by atoms with E-state index in [1.807, 2.05) is 19.1 Å². The van der Waals surface area contributed by atoms with E-state index in [0.717, 1.165) is 16.1 Å². The Kier molecular flexibility index (Phi) is 3.83. The van der Waals surface area contributed by atoms with Gasteiger partial charge in [0.05, 0.1) is 5.56 Å². The number of halogens is 3. The number of ketones is 1. The van der Waals surface area contributed by atoms with Crippen LogP contribution in [0.3, 0.4) is 0 Å². The van der Waals surface area contributed by atoms with Gasteiger partial charge in [-0.1, -0.05) is 33.6 Å². The van der Waals surface area contributed by atoms with Gasteiger partial charge in [-0.25, -0.2) is 4.39 Å². The molecule has 0 aliphatic rings. The van der Waals surface area contributed by atoms with Crippen LogP contribution in [0.15, 0.2) is 40.9 Å². The molecule has 4 heteroatoms. The van der Waals surface area contributed by atoms with E-state index in [4.69, 9.17) is 11.6 Å². The lowest BCUT2D eigenvalue weighted by Crippen LogP contribution is -2.06. The predicted molar refractivity (Wildman–Crippen MR) is 73.7 cm³/mol. The van der Waals surface area contributed by atoms with Crippen LogP contribution in [-0.2, 0) is 0 Å². The van der Waals surface area contributed by atoms with Crippen LogP contribution in [0, 0.1) is 12.7 Å². The van der Waals surface area contributed by atoms with E-state index in [0.29, 0.717) is 5.56 Å². The summed E-state index contributed by atoms with van der Waals surface area (Å²) in [5.41, 5.74) is 1.31. The van der Waals surface area contributed by atoms with Crippen LogP contribution >= 0.6 is 27.5 Å². The van der Waals surface area contributed by atoms with E-state index in [1.165, 1.54) is 12.1 Å². The Labute approximate surface area is 118 Å². The van der Waals surface area contributed by atoms with Crippen molar-refractivity contribution in [3.05, 3.63) is 68.4 Å². The number of carbonyl (C=O) groups is 1. The summed E-state index contributed by atoms with van der Waals surface area (Å²) in [6.45, 7) is 1.81. The van der Waals surface area contributed by atoms with Gasteiger partial charge in [0.1, 0.15) is 5.82 Å². The highest BCUT2D eigenvalue weighted by Gasteiger charge is 2.16. The highest BCUT2D eigenvalue weighted by atomic mass is 79.9. The molecule has 0 radical (unpaired) electrons. The molecule has 2 aromatic rings. The summed E-state index contributed by atoms with van der Waals surface area (Å²) in [6.07, 6.45) is 0. The molecule has 2 rings (SSSR count). The maximum atomic E-state index is 13.7. The molecule has 2 aromatic carbocycles. The number of hydrogen-bond acceptors (Lipinski definition) is 1. The SMILES string of the molecule is Cc1ccc(Br)cc1C(=O)c1ccc(Cl)cc1F. The molecular weight excluding hydrogens is 319 g/mol. The summed E-state index contributed by atoms with van der Waals surface area (Å²) in [5, 5.41) is 0.273. The molecule has 18 heavy (non-hydrogen) atoms. The molecular formula is C14H9BrClFO. The minimum atomic E-state index is -0.605. The van der Waals surface area contributed by atoms with Gasteiger partial charge in [-0.05, 0) is 42.8 Å². The third-order valence-electron chi connectivity index (χ3n) is 2.62. The lowest BCUT2D eigenvalue weighted by Gasteiger charge is -2.07. The van der Waals surface area contributed by atoms with Crippen molar-refractivity contribution in [2.45, 2.75) is 6.92 Å². The van der Waals surface area contributed by atoms with Crippen molar-refractivity contribution < 1.29 is 9.18 Å². The van der Waals surface area contributed by atoms with Gasteiger partial charge in [-0.3, -0.25) is 4.79 Å². The standard InChI is InChI=1S/C14H9BrClFO/c1-8-2-3-9(15)6-12(8)14(18)11-5-4-10(16)7-13(11)17/h2-7H,1H3. The van der Waals surface area contributed by atoms with Crippen molar-refractivity contribution in [1.82, 2.24) is 0 Å². The molecule has 0 saturated heterocycles. The van der Waals surface area contributed by atoms with Crippen LogP contribution in [0.25, 0.3) is 0 Å². The largest absolute Gasteiger partial charge is 0.288 e. The zero-order valence-electron chi connectivity index (χ0n) is 9.51. The smallest absolute Gasteiger partial charge is 0.196 e. The molecule has 0 N–H and O–H groups in total. The summed E-state index contributed by atoms with van der Waals surface area (Å²) >= 11 is 8.97. The first kappa shape index (κ1) is 13.2. The number of benzene rings is 2. The van der Waals surface area contributed by atoms with Gasteiger partial charge in [0, 0.05) is 15.1 Å². The van der Waals surface area contributed by atoms with Crippen LogP contribution in [0.1, 0.15) is 21.5 Å². The van der Waals surface area contributed by atoms with E-state index in [9.17, 15) is 9.18 Å². The lowest BCUT2D eigenvalue weighted by atomic mass is 9.99. The Bertz CT molecular complexity index is 625. The van der Waals surface area contributed by atoms with Gasteiger partial charge in [0.2, 0.25) is 0 Å². The molecule has 0 saturated carbocycles. The van der Waals surface area contributed by atoms with Gasteiger partial charge in [-0.2, -0.15) is 0 Å². The van der Waals surface area contributed by atoms with E-state index in [1.54, 1.807) is 6.07 Å². The van der Waals surface area contributed by atoms with Crippen molar-refractivity contribution >= 4 is 33.3 Å². The van der Waals surface area contributed by atoms with E-state index in [-0.39, 0.29) is 16.4 Å². The van der Waals surface area contributed by atoms with Crippen molar-refractivity contribution in [1.29, 1.82) is 0 Å². The maximum Gasteiger partial charge on any atom is 0.196 e. The average Bonchev–Trinajstić information content (AvgIpc) is 2.31. The fourth-order valence-corrected chi connectivity index (χ4v) is 2.18. The fraction of sp³-hybridized carbons (Fsp3) is 0.0714. The van der Waals surface area contributed by atoms with Crippen LogP contribution < -0.4 is 0 Å². The normalized spacial score (nSPS) is 10.4. The lowest BCUT2D eigenvalue weighted by molar-refractivity contribution is 0.103. The highest BCUT2D eigenvalue weighted by molar-refractivity contribution is 9.10. The third kappa shape index (κ3) is 2.62. The molecule has 0 bridgehead atoms. The maximum absolute atomic E-state index is 13.7. The van der Waals surface area contributed by atoms with Gasteiger partial charge in [-0.15, -0.1) is 0 Å². The molecule has 0 heterocycles. The van der Waals surface area contributed by atoms with Gasteiger partial charge >= 0.3 is 0 Å². The van der Waals surface area contributed by atoms with Crippen molar-refractivity contribution in [2.75, 3.05) is 0 Å². The second-order valence-corrected chi connectivity index (χ2v) is 5.26. The Hall–Kier alpha value is -1.19. The summed E-state index contributed by atoms with van der Waals surface area (Å²) < 4.78 is 14.5. The fourth-order valence-electron chi connectivity index (χ4n) is 1.66. The molecule has 0 atom stereocenters. The Morgan fingerprint density at radius 1 is 1.17 bits per heavy atom. The van der Waals surface area contributed by atoms with Crippen molar-refractivity contribution in [3.8, 4) is 0 Å². The van der Waals surface area contributed by atoms with Crippen molar-refractivity contribution in [2.24, 2.45) is 0 Å². The molecule has 0 fully saturated rings.